The second-order valence-corrected chi connectivity index (χ2v) is 11.2. The lowest BCUT2D eigenvalue weighted by atomic mass is 9.57. The Hall–Kier alpha value is -4.14. The van der Waals surface area contributed by atoms with Gasteiger partial charge in [0.05, 0.1) is 23.8 Å². The summed E-state index contributed by atoms with van der Waals surface area (Å²) in [6.07, 6.45) is 0.199. The second kappa shape index (κ2) is 10.4. The third-order valence-corrected chi connectivity index (χ3v) is 8.21. The van der Waals surface area contributed by atoms with Crippen molar-refractivity contribution in [2.45, 2.75) is 24.5 Å². The van der Waals surface area contributed by atoms with Crippen LogP contribution < -0.4 is 26.7 Å². The van der Waals surface area contributed by atoms with E-state index in [-0.39, 0.29) is 47.9 Å². The number of carbonyl (C=O) groups excluding carboxylic acids is 4. The Kier molecular flexibility index (Phi) is 7.54. The first-order chi connectivity index (χ1) is 19.1. The molecule has 0 radical (unpaired) electrons. The Bertz CT molecular complexity index is 1410. The SMILES string of the molecule is CN(C)C(=O)CNc1cc(N(C)C)c2c(c1ON)C(O)=C1C(=O)[C@]3(O)C(O)=C(C(N)=O)C(=O)C(N(C)C)[C@@H]3C[C@@H]1C2. The van der Waals surface area contributed by atoms with Gasteiger partial charge in [0.25, 0.3) is 5.91 Å². The van der Waals surface area contributed by atoms with E-state index in [2.05, 4.69) is 5.32 Å². The molecule has 0 aliphatic heterocycles. The Morgan fingerprint density at radius 3 is 2.29 bits per heavy atom. The number of aliphatic hydroxyl groups is 3. The number of benzene rings is 1. The molecule has 4 atom stereocenters. The number of likely N-dealkylation sites (N-methyl/N-ethyl adjacent to an activating group) is 2. The summed E-state index contributed by atoms with van der Waals surface area (Å²) < 4.78 is 0. The summed E-state index contributed by atoms with van der Waals surface area (Å²) in [5, 5.41) is 37.4. The van der Waals surface area contributed by atoms with Gasteiger partial charge in [0.15, 0.2) is 17.1 Å². The number of nitrogens with one attached hydrogen (secondary N) is 1. The van der Waals surface area contributed by atoms with Crippen molar-refractivity contribution in [3.63, 3.8) is 0 Å². The van der Waals surface area contributed by atoms with E-state index < -0.39 is 58.0 Å². The molecule has 0 spiro atoms. The minimum Gasteiger partial charge on any atom is -0.508 e. The van der Waals surface area contributed by atoms with Gasteiger partial charge in [-0.2, -0.15) is 5.90 Å². The quantitative estimate of drug-likeness (QED) is 0.173. The van der Waals surface area contributed by atoms with E-state index in [4.69, 9.17) is 16.5 Å². The molecule has 14 nitrogen and oxygen atoms in total. The molecule has 8 N–H and O–H groups in total. The van der Waals surface area contributed by atoms with Crippen LogP contribution in [-0.4, -0.2) is 109 Å². The summed E-state index contributed by atoms with van der Waals surface area (Å²) in [6.45, 7) is -0.121. The molecule has 1 saturated carbocycles. The zero-order chi connectivity index (χ0) is 30.7. The van der Waals surface area contributed by atoms with E-state index in [1.807, 2.05) is 0 Å². The number of fused-ring (bicyclic) bond motifs is 3. The van der Waals surface area contributed by atoms with Gasteiger partial charge in [-0.05, 0) is 44.5 Å². The number of Topliss-reactive ketones (excluding diaryl/α,β-unsaturated/α-hetero) is 2. The summed E-state index contributed by atoms with van der Waals surface area (Å²) >= 11 is 0. The molecule has 41 heavy (non-hydrogen) atoms. The number of anilines is 2. The number of carbonyl (C=O) groups is 4. The molecule has 1 fully saturated rings. The highest BCUT2D eigenvalue weighted by molar-refractivity contribution is 6.24. The molecule has 0 heterocycles. The predicted octanol–water partition coefficient (Wildman–Crippen LogP) is -0.923. The van der Waals surface area contributed by atoms with E-state index in [0.717, 1.165) is 0 Å². The van der Waals surface area contributed by atoms with Gasteiger partial charge >= 0.3 is 0 Å². The first kappa shape index (κ1) is 29.8. The van der Waals surface area contributed by atoms with Crippen LogP contribution in [0.25, 0.3) is 5.76 Å². The van der Waals surface area contributed by atoms with Gasteiger partial charge < -0.3 is 41.0 Å². The van der Waals surface area contributed by atoms with Crippen molar-refractivity contribution in [1.82, 2.24) is 9.80 Å². The van der Waals surface area contributed by atoms with Gasteiger partial charge in [-0.25, -0.2) is 0 Å². The number of primary amides is 1. The highest BCUT2D eigenvalue weighted by atomic mass is 16.6. The van der Waals surface area contributed by atoms with E-state index >= 15 is 0 Å². The maximum Gasteiger partial charge on any atom is 0.255 e. The normalized spacial score (nSPS) is 25.4. The number of aliphatic hydroxyl groups excluding tert-OH is 2. The average Bonchev–Trinajstić information content (AvgIpc) is 2.88. The smallest absolute Gasteiger partial charge is 0.255 e. The molecule has 14 heteroatoms. The molecule has 1 aromatic rings. The summed E-state index contributed by atoms with van der Waals surface area (Å²) in [6, 6.07) is 0.563. The zero-order valence-corrected chi connectivity index (χ0v) is 23.8. The van der Waals surface area contributed by atoms with Crippen molar-refractivity contribution >= 4 is 40.5 Å². The van der Waals surface area contributed by atoms with E-state index in [1.54, 1.807) is 53.3 Å². The van der Waals surface area contributed by atoms with Gasteiger partial charge in [-0.1, -0.05) is 0 Å². The maximum absolute atomic E-state index is 14.1. The van der Waals surface area contributed by atoms with Crippen LogP contribution in [0.2, 0.25) is 0 Å². The third-order valence-electron chi connectivity index (χ3n) is 8.21. The van der Waals surface area contributed by atoms with Crippen molar-refractivity contribution in [2.24, 2.45) is 23.5 Å². The molecule has 1 unspecified atom stereocenters. The van der Waals surface area contributed by atoms with Crippen molar-refractivity contribution in [1.29, 1.82) is 0 Å². The number of hydrogen-bond donors (Lipinski definition) is 6. The lowest BCUT2D eigenvalue weighted by molar-refractivity contribution is -0.153. The number of ketones is 2. The van der Waals surface area contributed by atoms with Crippen molar-refractivity contribution in [2.75, 3.05) is 59.0 Å². The molecular formula is C27H36N6O8. The molecule has 4 rings (SSSR count). The molecule has 3 aliphatic carbocycles. The molecule has 2 amide bonds. The Balaban J connectivity index is 1.96. The van der Waals surface area contributed by atoms with Gasteiger partial charge in [-0.3, -0.25) is 24.1 Å². The van der Waals surface area contributed by atoms with E-state index in [1.165, 1.54) is 9.80 Å². The minimum absolute atomic E-state index is 0.00871. The van der Waals surface area contributed by atoms with Crippen LogP contribution in [0.15, 0.2) is 23.0 Å². The van der Waals surface area contributed by atoms with E-state index in [0.29, 0.717) is 11.3 Å². The number of hydrogen-bond acceptors (Lipinski definition) is 12. The van der Waals surface area contributed by atoms with Crippen molar-refractivity contribution in [3.05, 3.63) is 34.1 Å². The Morgan fingerprint density at radius 2 is 1.78 bits per heavy atom. The summed E-state index contributed by atoms with van der Waals surface area (Å²) in [5.41, 5.74) is 3.19. The Labute approximate surface area is 236 Å². The molecule has 0 bridgehead atoms. The zero-order valence-electron chi connectivity index (χ0n) is 23.8. The van der Waals surface area contributed by atoms with Gasteiger partial charge in [0, 0.05) is 45.4 Å². The molecular weight excluding hydrogens is 536 g/mol. The fourth-order valence-corrected chi connectivity index (χ4v) is 6.26. The average molecular weight is 573 g/mol. The van der Waals surface area contributed by atoms with E-state index in [9.17, 15) is 34.5 Å². The highest BCUT2D eigenvalue weighted by Gasteiger charge is 2.64. The largest absolute Gasteiger partial charge is 0.508 e. The minimum atomic E-state index is -2.70. The maximum atomic E-state index is 14.1. The first-order valence-electron chi connectivity index (χ1n) is 12.9. The molecule has 3 aliphatic rings. The summed E-state index contributed by atoms with van der Waals surface area (Å²) in [5.74, 6) is -1.26. The predicted molar refractivity (Wildman–Crippen MR) is 149 cm³/mol. The summed E-state index contributed by atoms with van der Waals surface area (Å²) in [7, 11) is 9.86. The molecule has 222 valence electrons. The third kappa shape index (κ3) is 4.38. The van der Waals surface area contributed by atoms with Gasteiger partial charge in [-0.15, -0.1) is 0 Å². The molecule has 0 aromatic heterocycles. The number of nitrogens with two attached hydrogens (primary N) is 2. The van der Waals surface area contributed by atoms with Crippen LogP contribution in [0.3, 0.4) is 0 Å². The standard InChI is InChI=1S/C27H36N6O8/c1-31(2)15-9-14(30-10-16(34)32(3)4)23(41-29)18-12(15)7-11-8-13-20(33(5)6)22(36)19(26(28)39)25(38)27(13,40)24(37)17(11)21(18)35/h9,11,13,20,30,35,38,40H,7-8,10,29H2,1-6H3,(H2,28,39)/t11-,13-,20?,27-/m0/s1. The van der Waals surface area contributed by atoms with Crippen LogP contribution in [0, 0.1) is 11.8 Å². The van der Waals surface area contributed by atoms with Crippen molar-refractivity contribution in [3.8, 4) is 5.75 Å². The van der Waals surface area contributed by atoms with Crippen LogP contribution in [0.5, 0.6) is 5.75 Å². The second-order valence-electron chi connectivity index (χ2n) is 11.2. The van der Waals surface area contributed by atoms with Gasteiger partial charge in [0.1, 0.15) is 17.1 Å². The first-order valence-corrected chi connectivity index (χ1v) is 12.9. The van der Waals surface area contributed by atoms with Crippen molar-refractivity contribution < 1.29 is 39.3 Å². The molecule has 0 saturated heterocycles. The van der Waals surface area contributed by atoms with Crippen LogP contribution >= 0.6 is 0 Å². The highest BCUT2D eigenvalue weighted by Crippen LogP contribution is 2.54. The summed E-state index contributed by atoms with van der Waals surface area (Å²) in [4.78, 5) is 61.6. The number of nitrogens with zero attached hydrogens (tertiary/aromatic N) is 3. The fourth-order valence-electron chi connectivity index (χ4n) is 6.26. The van der Waals surface area contributed by atoms with Gasteiger partial charge in [0.2, 0.25) is 11.7 Å². The fraction of sp³-hybridized carbons (Fsp3) is 0.481. The van der Waals surface area contributed by atoms with Crippen LogP contribution in [0.4, 0.5) is 11.4 Å². The van der Waals surface area contributed by atoms with Crippen LogP contribution in [0.1, 0.15) is 17.5 Å². The molecule has 1 aromatic carbocycles. The lowest BCUT2D eigenvalue weighted by Gasteiger charge is -2.50. The Morgan fingerprint density at radius 1 is 1.15 bits per heavy atom. The lowest BCUT2D eigenvalue weighted by Crippen LogP contribution is -2.65. The number of rotatable bonds is 7. The van der Waals surface area contributed by atoms with Crippen LogP contribution in [-0.2, 0) is 25.6 Å². The number of amides is 2. The topological polar surface area (TPSA) is 212 Å². The monoisotopic (exact) mass is 572 g/mol.